The minimum Gasteiger partial charge on any atom is -0.476 e. The van der Waals surface area contributed by atoms with Crippen molar-refractivity contribution in [1.29, 1.82) is 0 Å². The minimum absolute atomic E-state index is 0.0237. The van der Waals surface area contributed by atoms with Gasteiger partial charge in [-0.3, -0.25) is 0 Å². The summed E-state index contributed by atoms with van der Waals surface area (Å²) in [6.07, 6.45) is -6.58. The molecule has 0 spiro atoms. The normalized spacial score (nSPS) is 13.2. The molecule has 0 aliphatic carbocycles. The molecule has 15 heteroatoms. The van der Waals surface area contributed by atoms with Crippen molar-refractivity contribution >= 4 is 17.6 Å². The molecule has 0 radical (unpaired) electrons. The number of carboxylic acids is 1. The van der Waals surface area contributed by atoms with Gasteiger partial charge in [-0.25, -0.2) is 46.7 Å². The lowest BCUT2D eigenvalue weighted by Gasteiger charge is -2.16. The first-order valence-corrected chi connectivity index (χ1v) is 10.2. The van der Waals surface area contributed by atoms with E-state index in [2.05, 4.69) is 20.2 Å². The van der Waals surface area contributed by atoms with Crippen molar-refractivity contribution in [2.75, 3.05) is 0 Å². The van der Waals surface area contributed by atoms with Gasteiger partial charge in [0.15, 0.2) is 23.4 Å². The van der Waals surface area contributed by atoms with Crippen LogP contribution < -0.4 is 5.69 Å². The number of benzene rings is 1. The van der Waals surface area contributed by atoms with Crippen LogP contribution in [-0.2, 0) is 6.54 Å². The molecular weight excluding hydrogens is 495 g/mol. The second kappa shape index (κ2) is 9.68. The highest BCUT2D eigenvalue weighted by Gasteiger charge is 2.33. The highest BCUT2D eigenvalue weighted by molar-refractivity contribution is 6.30. The van der Waals surface area contributed by atoms with Gasteiger partial charge in [0.25, 0.3) is 6.43 Å². The van der Waals surface area contributed by atoms with Gasteiger partial charge in [-0.2, -0.15) is 0 Å². The number of halogens is 4. The lowest BCUT2D eigenvalue weighted by atomic mass is 10.2. The van der Waals surface area contributed by atoms with E-state index in [4.69, 9.17) is 11.6 Å². The average Bonchev–Trinajstić information content (AvgIpc) is 3.43. The van der Waals surface area contributed by atoms with Gasteiger partial charge in [-0.1, -0.05) is 11.6 Å². The van der Waals surface area contributed by atoms with Gasteiger partial charge in [0, 0.05) is 16.8 Å². The molecule has 4 rings (SSSR count). The number of aliphatic hydroxyl groups is 1. The molecule has 2 atom stereocenters. The fraction of sp³-hybridized carbons (Fsp3) is 0.200. The maximum Gasteiger partial charge on any atom is 0.356 e. The van der Waals surface area contributed by atoms with E-state index in [-0.39, 0.29) is 28.6 Å². The van der Waals surface area contributed by atoms with E-state index in [1.807, 2.05) is 0 Å². The third-order valence-electron chi connectivity index (χ3n) is 4.83. The summed E-state index contributed by atoms with van der Waals surface area (Å²) in [6, 6.07) is 8.58. The van der Waals surface area contributed by atoms with E-state index >= 15 is 0 Å². The van der Waals surface area contributed by atoms with Crippen LogP contribution in [0.3, 0.4) is 0 Å². The number of rotatable bonds is 8. The van der Waals surface area contributed by atoms with E-state index in [1.165, 1.54) is 48.9 Å². The van der Waals surface area contributed by atoms with Gasteiger partial charge in [0.2, 0.25) is 6.30 Å². The monoisotopic (exact) mass is 509 g/mol. The van der Waals surface area contributed by atoms with Gasteiger partial charge in [-0.15, -0.1) is 10.2 Å². The van der Waals surface area contributed by atoms with Crippen LogP contribution in [0.25, 0.3) is 17.1 Å². The molecule has 3 heterocycles. The Morgan fingerprint density at radius 3 is 2.46 bits per heavy atom. The molecule has 0 aliphatic heterocycles. The predicted molar refractivity (Wildman–Crippen MR) is 114 cm³/mol. The predicted octanol–water partition coefficient (Wildman–Crippen LogP) is 2.18. The highest BCUT2D eigenvalue weighted by Crippen LogP contribution is 2.25. The van der Waals surface area contributed by atoms with Gasteiger partial charge >= 0.3 is 11.7 Å². The first-order chi connectivity index (χ1) is 16.7. The molecular formula is C20H15ClF3N7O4. The molecule has 4 aromatic rings. The SMILES string of the molecule is O=C(O)c1ncccc1-n1cnc(Cn2nc(-c3ccc(Cl)cc3)n(C(F)[C@@H](O)C(F)F)c2=O)n1. The molecule has 35 heavy (non-hydrogen) atoms. The van der Waals surface area contributed by atoms with Crippen LogP contribution in [0.1, 0.15) is 22.6 Å². The van der Waals surface area contributed by atoms with E-state index in [0.29, 0.717) is 9.59 Å². The first kappa shape index (κ1) is 24.1. The smallest absolute Gasteiger partial charge is 0.356 e. The summed E-state index contributed by atoms with van der Waals surface area (Å²) >= 11 is 5.85. The van der Waals surface area contributed by atoms with Crippen molar-refractivity contribution in [2.24, 2.45) is 0 Å². The Morgan fingerprint density at radius 2 is 1.80 bits per heavy atom. The number of pyridine rings is 1. The number of aliphatic hydroxyl groups excluding tert-OH is 1. The number of carbonyl (C=O) groups is 1. The fourth-order valence-corrected chi connectivity index (χ4v) is 3.31. The summed E-state index contributed by atoms with van der Waals surface area (Å²) < 4.78 is 42.9. The summed E-state index contributed by atoms with van der Waals surface area (Å²) in [5, 5.41) is 27.3. The zero-order valence-electron chi connectivity index (χ0n) is 17.4. The molecule has 0 aliphatic rings. The summed E-state index contributed by atoms with van der Waals surface area (Å²) in [6.45, 7) is -0.417. The summed E-state index contributed by atoms with van der Waals surface area (Å²) in [5.74, 6) is -1.66. The van der Waals surface area contributed by atoms with Crippen LogP contribution in [0.2, 0.25) is 5.02 Å². The molecule has 1 aromatic carbocycles. The number of carboxylic acid groups (broad SMARTS) is 1. The number of alkyl halides is 3. The zero-order valence-corrected chi connectivity index (χ0v) is 18.2. The van der Waals surface area contributed by atoms with Crippen LogP contribution in [0, 0.1) is 0 Å². The first-order valence-electron chi connectivity index (χ1n) is 9.82. The van der Waals surface area contributed by atoms with Crippen molar-refractivity contribution in [3.63, 3.8) is 0 Å². The van der Waals surface area contributed by atoms with Gasteiger partial charge in [0.05, 0.1) is 5.69 Å². The Morgan fingerprint density at radius 1 is 1.09 bits per heavy atom. The van der Waals surface area contributed by atoms with Crippen molar-refractivity contribution in [1.82, 2.24) is 34.1 Å². The molecule has 182 valence electrons. The topological polar surface area (TPSA) is 141 Å². The molecule has 11 nitrogen and oxygen atoms in total. The molecule has 0 saturated carbocycles. The van der Waals surface area contributed by atoms with E-state index in [9.17, 15) is 33.0 Å². The highest BCUT2D eigenvalue weighted by atomic mass is 35.5. The van der Waals surface area contributed by atoms with E-state index in [1.54, 1.807) is 0 Å². The van der Waals surface area contributed by atoms with Crippen LogP contribution in [0.4, 0.5) is 13.2 Å². The maximum atomic E-state index is 14.8. The van der Waals surface area contributed by atoms with Gasteiger partial charge in [0.1, 0.15) is 12.9 Å². The van der Waals surface area contributed by atoms with Crippen molar-refractivity contribution < 1.29 is 28.2 Å². The second-order valence-corrected chi connectivity index (χ2v) is 7.56. The Balaban J connectivity index is 1.74. The third-order valence-corrected chi connectivity index (χ3v) is 5.08. The van der Waals surface area contributed by atoms with E-state index in [0.717, 1.165) is 9.36 Å². The Labute approximate surface area is 198 Å². The number of aromatic nitrogens is 7. The standard InChI is InChI=1S/C20H15ClF3N7O4/c21-11-5-3-10(4-6-11)18-28-29(20(35)31(18)17(24)15(32)16(22)23)8-13-26-9-30(27-13)12-2-1-7-25-14(12)19(33)34/h1-7,9,15-17,32H,8H2,(H,33,34)/t15-,17?/m0/s1. The van der Waals surface area contributed by atoms with Crippen LogP contribution in [0.5, 0.6) is 0 Å². The van der Waals surface area contributed by atoms with Crippen molar-refractivity contribution in [3.05, 3.63) is 75.9 Å². The van der Waals surface area contributed by atoms with Crippen LogP contribution in [0.15, 0.2) is 53.7 Å². The molecule has 3 aromatic heterocycles. The average molecular weight is 510 g/mol. The zero-order chi connectivity index (χ0) is 25.3. The molecule has 0 saturated heterocycles. The number of nitrogens with zero attached hydrogens (tertiary/aromatic N) is 7. The molecule has 2 N–H and O–H groups in total. The molecule has 0 fully saturated rings. The number of hydrogen-bond donors (Lipinski definition) is 2. The fourth-order valence-electron chi connectivity index (χ4n) is 3.18. The second-order valence-electron chi connectivity index (χ2n) is 7.12. The van der Waals surface area contributed by atoms with Gasteiger partial charge in [-0.05, 0) is 36.4 Å². The lowest BCUT2D eigenvalue weighted by molar-refractivity contribution is -0.0723. The Hall–Kier alpha value is -4.04. The Bertz CT molecular complexity index is 1420. The van der Waals surface area contributed by atoms with Crippen molar-refractivity contribution in [2.45, 2.75) is 25.4 Å². The summed E-state index contributed by atoms with van der Waals surface area (Å²) in [4.78, 5) is 32.1. The van der Waals surface area contributed by atoms with Crippen molar-refractivity contribution in [3.8, 4) is 17.1 Å². The largest absolute Gasteiger partial charge is 0.476 e. The maximum absolute atomic E-state index is 14.8. The van der Waals surface area contributed by atoms with E-state index < -0.39 is 37.0 Å². The Kier molecular flexibility index (Phi) is 6.66. The summed E-state index contributed by atoms with van der Waals surface area (Å²) in [7, 11) is 0. The minimum atomic E-state index is -3.46. The molecule has 0 amide bonds. The molecule has 0 bridgehead atoms. The quantitative estimate of drug-likeness (QED) is 0.368. The summed E-state index contributed by atoms with van der Waals surface area (Å²) in [5.41, 5.74) is -1.17. The third kappa shape index (κ3) is 4.79. The lowest BCUT2D eigenvalue weighted by Crippen LogP contribution is -2.35. The number of hydrogen-bond acceptors (Lipinski definition) is 7. The van der Waals surface area contributed by atoms with Gasteiger partial charge < -0.3 is 10.2 Å². The van der Waals surface area contributed by atoms with Crippen LogP contribution >= 0.6 is 11.6 Å². The molecule has 1 unspecified atom stereocenters. The number of aromatic carboxylic acids is 1. The van der Waals surface area contributed by atoms with Crippen LogP contribution in [-0.4, -0.2) is 62.8 Å².